The highest BCUT2D eigenvalue weighted by Gasteiger charge is 2.16. The number of nitrogens with two attached hydrogens (primary N) is 1. The molecule has 1 atom stereocenters. The predicted octanol–water partition coefficient (Wildman–Crippen LogP) is 0.949. The summed E-state index contributed by atoms with van der Waals surface area (Å²) in [6.45, 7) is 2.88. The highest BCUT2D eigenvalue weighted by atomic mass is 16.5. The van der Waals surface area contributed by atoms with Crippen molar-refractivity contribution < 1.29 is 9.53 Å². The minimum atomic E-state index is -0.179. The molecule has 1 amide bonds. The van der Waals surface area contributed by atoms with E-state index < -0.39 is 0 Å². The standard InChI is InChI=1S/C13H20N2O2/c1-3-15-13(16)11(9-14)7-10-5-4-6-12(8-10)17-2/h4-6,8,11H,3,7,9,14H2,1-2H3,(H,15,16). The van der Waals surface area contributed by atoms with E-state index >= 15 is 0 Å². The van der Waals surface area contributed by atoms with Crippen LogP contribution in [0.5, 0.6) is 5.75 Å². The Bertz CT molecular complexity index is 366. The minimum absolute atomic E-state index is 0.0119. The summed E-state index contributed by atoms with van der Waals surface area (Å²) in [4.78, 5) is 11.7. The van der Waals surface area contributed by atoms with Gasteiger partial charge in [-0.25, -0.2) is 0 Å². The van der Waals surface area contributed by atoms with Gasteiger partial charge in [0.1, 0.15) is 5.75 Å². The molecule has 0 bridgehead atoms. The molecule has 1 aromatic carbocycles. The molecule has 0 spiro atoms. The van der Waals surface area contributed by atoms with Crippen molar-refractivity contribution in [1.29, 1.82) is 0 Å². The van der Waals surface area contributed by atoms with E-state index in [0.717, 1.165) is 11.3 Å². The molecule has 0 aliphatic rings. The van der Waals surface area contributed by atoms with E-state index in [4.69, 9.17) is 10.5 Å². The van der Waals surface area contributed by atoms with Crippen LogP contribution in [0.2, 0.25) is 0 Å². The summed E-state index contributed by atoms with van der Waals surface area (Å²) >= 11 is 0. The normalized spacial score (nSPS) is 11.9. The fraction of sp³-hybridized carbons (Fsp3) is 0.462. The van der Waals surface area contributed by atoms with Gasteiger partial charge < -0.3 is 15.8 Å². The first-order chi connectivity index (χ1) is 8.21. The summed E-state index contributed by atoms with van der Waals surface area (Å²) in [6.07, 6.45) is 0.638. The molecule has 0 fully saturated rings. The molecule has 1 unspecified atom stereocenters. The molecule has 0 radical (unpaired) electrons. The maximum atomic E-state index is 11.7. The first kappa shape index (κ1) is 13.5. The van der Waals surface area contributed by atoms with Crippen molar-refractivity contribution in [2.45, 2.75) is 13.3 Å². The number of benzene rings is 1. The number of amides is 1. The second-order valence-electron chi connectivity index (χ2n) is 3.88. The molecular weight excluding hydrogens is 216 g/mol. The molecule has 0 aliphatic heterocycles. The Hall–Kier alpha value is -1.55. The monoisotopic (exact) mass is 236 g/mol. The molecular formula is C13H20N2O2. The van der Waals surface area contributed by atoms with Crippen LogP contribution in [0.15, 0.2) is 24.3 Å². The highest BCUT2D eigenvalue weighted by Crippen LogP contribution is 2.15. The summed E-state index contributed by atoms with van der Waals surface area (Å²) in [5, 5.41) is 2.80. The van der Waals surface area contributed by atoms with Crippen LogP contribution in [0.1, 0.15) is 12.5 Å². The molecule has 4 heteroatoms. The topological polar surface area (TPSA) is 64.4 Å². The summed E-state index contributed by atoms with van der Waals surface area (Å²) in [7, 11) is 1.63. The molecule has 0 aromatic heterocycles. The summed E-state index contributed by atoms with van der Waals surface area (Å²) in [5.41, 5.74) is 6.69. The molecule has 3 N–H and O–H groups in total. The van der Waals surface area contributed by atoms with Crippen LogP contribution >= 0.6 is 0 Å². The van der Waals surface area contributed by atoms with Crippen LogP contribution in [0, 0.1) is 5.92 Å². The van der Waals surface area contributed by atoms with Gasteiger partial charge in [0.05, 0.1) is 13.0 Å². The third-order valence-electron chi connectivity index (χ3n) is 2.62. The second-order valence-corrected chi connectivity index (χ2v) is 3.88. The van der Waals surface area contributed by atoms with Gasteiger partial charge in [-0.15, -0.1) is 0 Å². The van der Waals surface area contributed by atoms with E-state index in [1.165, 1.54) is 0 Å². The summed E-state index contributed by atoms with van der Waals surface area (Å²) in [5.74, 6) is 0.633. The fourth-order valence-electron chi connectivity index (χ4n) is 1.69. The van der Waals surface area contributed by atoms with Gasteiger partial charge in [-0.05, 0) is 31.0 Å². The Morgan fingerprint density at radius 2 is 2.29 bits per heavy atom. The lowest BCUT2D eigenvalue weighted by molar-refractivity contribution is -0.124. The smallest absolute Gasteiger partial charge is 0.224 e. The van der Waals surface area contributed by atoms with E-state index in [1.807, 2.05) is 31.2 Å². The van der Waals surface area contributed by atoms with E-state index in [-0.39, 0.29) is 11.8 Å². The van der Waals surface area contributed by atoms with Crippen LogP contribution in [0.3, 0.4) is 0 Å². The summed E-state index contributed by atoms with van der Waals surface area (Å²) < 4.78 is 5.15. The van der Waals surface area contributed by atoms with Crippen molar-refractivity contribution in [3.8, 4) is 5.75 Å². The second kappa shape index (κ2) is 6.91. The average molecular weight is 236 g/mol. The Morgan fingerprint density at radius 1 is 1.53 bits per heavy atom. The Morgan fingerprint density at radius 3 is 2.88 bits per heavy atom. The molecule has 1 rings (SSSR count). The number of hydrogen-bond donors (Lipinski definition) is 2. The first-order valence-electron chi connectivity index (χ1n) is 5.82. The zero-order valence-electron chi connectivity index (χ0n) is 10.4. The number of nitrogens with one attached hydrogen (secondary N) is 1. The lowest BCUT2D eigenvalue weighted by Gasteiger charge is -2.14. The molecule has 1 aromatic rings. The van der Waals surface area contributed by atoms with Gasteiger partial charge in [0.2, 0.25) is 5.91 Å². The molecule has 0 heterocycles. The summed E-state index contributed by atoms with van der Waals surface area (Å²) in [6, 6.07) is 7.71. The number of carbonyl (C=O) groups is 1. The van der Waals surface area contributed by atoms with E-state index in [1.54, 1.807) is 7.11 Å². The van der Waals surface area contributed by atoms with E-state index in [9.17, 15) is 4.79 Å². The van der Waals surface area contributed by atoms with Gasteiger partial charge in [0.25, 0.3) is 0 Å². The highest BCUT2D eigenvalue weighted by molar-refractivity contribution is 5.79. The quantitative estimate of drug-likeness (QED) is 0.773. The molecule has 94 valence electrons. The molecule has 17 heavy (non-hydrogen) atoms. The molecule has 4 nitrogen and oxygen atoms in total. The predicted molar refractivity (Wildman–Crippen MR) is 67.9 cm³/mol. The zero-order chi connectivity index (χ0) is 12.7. The van der Waals surface area contributed by atoms with Crippen molar-refractivity contribution >= 4 is 5.91 Å². The molecule has 0 aliphatic carbocycles. The maximum absolute atomic E-state index is 11.7. The number of rotatable bonds is 6. The Kier molecular flexibility index (Phi) is 5.49. The van der Waals surface area contributed by atoms with Crippen molar-refractivity contribution in [2.24, 2.45) is 11.7 Å². The van der Waals surface area contributed by atoms with Crippen LogP contribution < -0.4 is 15.8 Å². The third kappa shape index (κ3) is 4.07. The van der Waals surface area contributed by atoms with Crippen LogP contribution in [0.25, 0.3) is 0 Å². The lowest BCUT2D eigenvalue weighted by Crippen LogP contribution is -2.36. The van der Waals surface area contributed by atoms with Crippen LogP contribution in [-0.4, -0.2) is 26.1 Å². The molecule has 0 saturated heterocycles. The Balaban J connectivity index is 2.69. The van der Waals surface area contributed by atoms with Gasteiger partial charge in [-0.3, -0.25) is 4.79 Å². The number of hydrogen-bond acceptors (Lipinski definition) is 3. The molecule has 0 saturated carbocycles. The zero-order valence-corrected chi connectivity index (χ0v) is 10.4. The number of carbonyl (C=O) groups excluding carboxylic acids is 1. The minimum Gasteiger partial charge on any atom is -0.497 e. The third-order valence-corrected chi connectivity index (χ3v) is 2.62. The Labute approximate surface area is 102 Å². The number of ether oxygens (including phenoxy) is 1. The van der Waals surface area contributed by atoms with Crippen molar-refractivity contribution in [3.05, 3.63) is 29.8 Å². The van der Waals surface area contributed by atoms with E-state index in [0.29, 0.717) is 19.5 Å². The average Bonchev–Trinajstić information content (AvgIpc) is 2.36. The SMILES string of the molecule is CCNC(=O)C(CN)Cc1cccc(OC)c1. The van der Waals surface area contributed by atoms with Crippen molar-refractivity contribution in [1.82, 2.24) is 5.32 Å². The first-order valence-corrected chi connectivity index (χ1v) is 5.82. The largest absolute Gasteiger partial charge is 0.497 e. The van der Waals surface area contributed by atoms with Gasteiger partial charge in [-0.2, -0.15) is 0 Å². The van der Waals surface area contributed by atoms with Gasteiger partial charge in [0, 0.05) is 13.1 Å². The van der Waals surface area contributed by atoms with Crippen LogP contribution in [-0.2, 0) is 11.2 Å². The van der Waals surface area contributed by atoms with Crippen LogP contribution in [0.4, 0.5) is 0 Å². The lowest BCUT2D eigenvalue weighted by atomic mass is 9.98. The maximum Gasteiger partial charge on any atom is 0.224 e. The van der Waals surface area contributed by atoms with E-state index in [2.05, 4.69) is 5.32 Å². The number of methoxy groups -OCH3 is 1. The van der Waals surface area contributed by atoms with Gasteiger partial charge in [0.15, 0.2) is 0 Å². The van der Waals surface area contributed by atoms with Crippen molar-refractivity contribution in [3.63, 3.8) is 0 Å². The van der Waals surface area contributed by atoms with Crippen molar-refractivity contribution in [2.75, 3.05) is 20.2 Å². The van der Waals surface area contributed by atoms with Gasteiger partial charge in [-0.1, -0.05) is 12.1 Å². The van der Waals surface area contributed by atoms with Gasteiger partial charge >= 0.3 is 0 Å². The fourth-order valence-corrected chi connectivity index (χ4v) is 1.69.